The molecule has 0 atom stereocenters. The monoisotopic (exact) mass is 434 g/mol. The predicted octanol–water partition coefficient (Wildman–Crippen LogP) is 4.57. The average molecular weight is 435 g/mol. The maximum atomic E-state index is 12.9. The van der Waals surface area contributed by atoms with Crippen molar-refractivity contribution in [3.63, 3.8) is 0 Å². The number of halogens is 1. The number of esters is 1. The molecular formula is C21H23ClN2O4S. The third kappa shape index (κ3) is 4.62. The van der Waals surface area contributed by atoms with Crippen LogP contribution in [0.15, 0.2) is 30.3 Å². The largest absolute Gasteiger partial charge is 0.464 e. The second-order valence-corrected chi connectivity index (χ2v) is 8.48. The Morgan fingerprint density at radius 1 is 1.17 bits per heavy atom. The fraction of sp³-hybridized carbons (Fsp3) is 0.381. The van der Waals surface area contributed by atoms with E-state index in [1.807, 2.05) is 0 Å². The lowest BCUT2D eigenvalue weighted by atomic mass is 9.97. The van der Waals surface area contributed by atoms with Crippen molar-refractivity contribution in [2.75, 3.05) is 11.9 Å². The molecule has 8 heteroatoms. The Hall–Kier alpha value is -2.38. The highest BCUT2D eigenvalue weighted by atomic mass is 35.5. The van der Waals surface area contributed by atoms with Gasteiger partial charge in [0.1, 0.15) is 5.54 Å². The van der Waals surface area contributed by atoms with E-state index in [-0.39, 0.29) is 24.4 Å². The zero-order chi connectivity index (χ0) is 21.0. The van der Waals surface area contributed by atoms with Crippen LogP contribution in [0.5, 0.6) is 0 Å². The topological polar surface area (TPSA) is 84.5 Å². The van der Waals surface area contributed by atoms with Gasteiger partial charge in [0.05, 0.1) is 27.1 Å². The Kier molecular flexibility index (Phi) is 6.59. The predicted molar refractivity (Wildman–Crippen MR) is 114 cm³/mol. The van der Waals surface area contributed by atoms with Gasteiger partial charge < -0.3 is 15.4 Å². The number of carbonyl (C=O) groups excluding carboxylic acids is 3. The van der Waals surface area contributed by atoms with Crippen LogP contribution in [0.25, 0.3) is 0 Å². The molecule has 0 saturated heterocycles. The summed E-state index contributed by atoms with van der Waals surface area (Å²) >= 11 is 7.24. The van der Waals surface area contributed by atoms with Gasteiger partial charge in [-0.3, -0.25) is 9.59 Å². The van der Waals surface area contributed by atoms with Crippen LogP contribution in [0.1, 0.15) is 58.2 Å². The molecule has 2 N–H and O–H groups in total. The summed E-state index contributed by atoms with van der Waals surface area (Å²) in [5, 5.41) is 6.58. The molecule has 1 saturated carbocycles. The Bertz CT molecular complexity index is 935. The Morgan fingerprint density at radius 3 is 2.52 bits per heavy atom. The molecule has 2 amide bonds. The van der Waals surface area contributed by atoms with E-state index < -0.39 is 5.54 Å². The summed E-state index contributed by atoms with van der Waals surface area (Å²) in [4.78, 5) is 38.3. The molecule has 0 spiro atoms. The molecule has 1 aromatic heterocycles. The van der Waals surface area contributed by atoms with Crippen molar-refractivity contribution in [2.24, 2.45) is 0 Å². The van der Waals surface area contributed by atoms with Crippen molar-refractivity contribution < 1.29 is 19.1 Å². The molecule has 6 nitrogen and oxygen atoms in total. The fourth-order valence-electron chi connectivity index (χ4n) is 3.50. The van der Waals surface area contributed by atoms with Gasteiger partial charge in [-0.2, -0.15) is 0 Å². The fourth-order valence-corrected chi connectivity index (χ4v) is 4.68. The van der Waals surface area contributed by atoms with Crippen LogP contribution in [0, 0.1) is 6.92 Å². The standard InChI is InChI=1S/C21H23ClN2O4S/c1-3-28-20(27)21(10-6-7-11-21)24-19(26)17-13(2)12-16(29-17)23-18(25)14-8-4-5-9-15(14)22/h4-5,8-9,12H,3,6-7,10-11H2,1-2H3,(H,23,25)(H,24,26). The highest BCUT2D eigenvalue weighted by molar-refractivity contribution is 7.18. The van der Waals surface area contributed by atoms with Gasteiger partial charge >= 0.3 is 5.97 Å². The van der Waals surface area contributed by atoms with Crippen LogP contribution in [0.2, 0.25) is 5.02 Å². The molecule has 29 heavy (non-hydrogen) atoms. The highest BCUT2D eigenvalue weighted by Crippen LogP contribution is 2.33. The van der Waals surface area contributed by atoms with Crippen molar-refractivity contribution >= 4 is 45.7 Å². The number of thiophene rings is 1. The molecule has 1 heterocycles. The number of hydrogen-bond donors (Lipinski definition) is 2. The van der Waals surface area contributed by atoms with Gasteiger partial charge in [0, 0.05) is 0 Å². The van der Waals surface area contributed by atoms with E-state index >= 15 is 0 Å². The molecular weight excluding hydrogens is 412 g/mol. The first-order valence-corrected chi connectivity index (χ1v) is 10.7. The van der Waals surface area contributed by atoms with Crippen molar-refractivity contribution in [1.82, 2.24) is 5.32 Å². The minimum Gasteiger partial charge on any atom is -0.464 e. The van der Waals surface area contributed by atoms with Crippen molar-refractivity contribution in [3.8, 4) is 0 Å². The number of benzene rings is 1. The number of hydrogen-bond acceptors (Lipinski definition) is 5. The van der Waals surface area contributed by atoms with Crippen molar-refractivity contribution in [3.05, 3.63) is 51.4 Å². The first kappa shape index (κ1) is 21.3. The minimum atomic E-state index is -0.968. The lowest BCUT2D eigenvalue weighted by Gasteiger charge is -2.27. The second kappa shape index (κ2) is 8.97. The molecule has 0 aliphatic heterocycles. The summed E-state index contributed by atoms with van der Waals surface area (Å²) < 4.78 is 5.19. The maximum Gasteiger partial charge on any atom is 0.331 e. The van der Waals surface area contributed by atoms with Crippen LogP contribution in [0.4, 0.5) is 5.00 Å². The zero-order valence-corrected chi connectivity index (χ0v) is 17.9. The quantitative estimate of drug-likeness (QED) is 0.652. The summed E-state index contributed by atoms with van der Waals surface area (Å²) in [6.45, 7) is 3.81. The molecule has 1 fully saturated rings. The van der Waals surface area contributed by atoms with E-state index in [0.29, 0.717) is 33.3 Å². The number of ether oxygens (including phenoxy) is 1. The Balaban J connectivity index is 1.75. The molecule has 3 rings (SSSR count). The highest BCUT2D eigenvalue weighted by Gasteiger charge is 2.44. The van der Waals surface area contributed by atoms with E-state index in [0.717, 1.165) is 29.7 Å². The van der Waals surface area contributed by atoms with Gasteiger partial charge in [0.2, 0.25) is 0 Å². The van der Waals surface area contributed by atoms with Crippen LogP contribution in [-0.4, -0.2) is 29.9 Å². The van der Waals surface area contributed by atoms with E-state index in [2.05, 4.69) is 10.6 Å². The van der Waals surface area contributed by atoms with Crippen LogP contribution >= 0.6 is 22.9 Å². The molecule has 2 aromatic rings. The zero-order valence-electron chi connectivity index (χ0n) is 16.3. The lowest BCUT2D eigenvalue weighted by molar-refractivity contribution is -0.150. The van der Waals surface area contributed by atoms with Gasteiger partial charge in [-0.05, 0) is 50.5 Å². The minimum absolute atomic E-state index is 0.271. The summed E-state index contributed by atoms with van der Waals surface area (Å²) in [7, 11) is 0. The molecule has 1 aromatic carbocycles. The smallest absolute Gasteiger partial charge is 0.331 e. The van der Waals surface area contributed by atoms with Gasteiger partial charge in [0.15, 0.2) is 0 Å². The second-order valence-electron chi connectivity index (χ2n) is 7.02. The van der Waals surface area contributed by atoms with E-state index in [1.54, 1.807) is 44.2 Å². The van der Waals surface area contributed by atoms with E-state index in [9.17, 15) is 14.4 Å². The molecule has 1 aliphatic rings. The summed E-state index contributed by atoms with van der Waals surface area (Å²) in [5.74, 6) is -1.06. The van der Waals surface area contributed by atoms with E-state index in [1.165, 1.54) is 0 Å². The van der Waals surface area contributed by atoms with Crippen molar-refractivity contribution in [2.45, 2.75) is 45.1 Å². The third-order valence-corrected chi connectivity index (χ3v) is 6.44. The normalized spacial score (nSPS) is 15.0. The lowest BCUT2D eigenvalue weighted by Crippen LogP contribution is -2.53. The first-order valence-electron chi connectivity index (χ1n) is 9.52. The van der Waals surface area contributed by atoms with E-state index in [4.69, 9.17) is 16.3 Å². The SMILES string of the molecule is CCOC(=O)C1(NC(=O)c2sc(NC(=O)c3ccccc3Cl)cc2C)CCCC1. The first-order chi connectivity index (χ1) is 13.9. The number of anilines is 1. The molecule has 154 valence electrons. The number of aryl methyl sites for hydroxylation is 1. The van der Waals surface area contributed by atoms with Crippen molar-refractivity contribution in [1.29, 1.82) is 0 Å². The number of rotatable bonds is 6. The molecule has 0 radical (unpaired) electrons. The third-order valence-electron chi connectivity index (χ3n) is 4.96. The molecule has 0 unspecified atom stereocenters. The average Bonchev–Trinajstić information content (AvgIpc) is 3.29. The number of nitrogens with one attached hydrogen (secondary N) is 2. The van der Waals surface area contributed by atoms with Gasteiger partial charge in [0.25, 0.3) is 11.8 Å². The van der Waals surface area contributed by atoms with Gasteiger partial charge in [-0.25, -0.2) is 4.79 Å². The van der Waals surface area contributed by atoms with Crippen LogP contribution < -0.4 is 10.6 Å². The number of carbonyl (C=O) groups is 3. The van der Waals surface area contributed by atoms with Gasteiger partial charge in [-0.1, -0.05) is 36.6 Å². The molecule has 1 aliphatic carbocycles. The Labute approximate surface area is 178 Å². The number of amides is 2. The van der Waals surface area contributed by atoms with Crippen LogP contribution in [0.3, 0.4) is 0 Å². The summed E-state index contributed by atoms with van der Waals surface area (Å²) in [6, 6.07) is 8.50. The Morgan fingerprint density at radius 2 is 1.86 bits per heavy atom. The summed E-state index contributed by atoms with van der Waals surface area (Å²) in [6.07, 6.45) is 2.86. The maximum absolute atomic E-state index is 12.9. The van der Waals surface area contributed by atoms with Gasteiger partial charge in [-0.15, -0.1) is 11.3 Å². The van der Waals surface area contributed by atoms with Crippen LogP contribution in [-0.2, 0) is 9.53 Å². The summed E-state index contributed by atoms with van der Waals surface area (Å²) in [5.41, 5.74) is 0.113. The molecule has 0 bridgehead atoms.